The fourth-order valence-corrected chi connectivity index (χ4v) is 8.59. The molecule has 6 aromatic rings. The van der Waals surface area contributed by atoms with E-state index >= 15 is 0 Å². The van der Waals surface area contributed by atoms with Gasteiger partial charge in [0.05, 0.1) is 37.1 Å². The molecule has 2 fully saturated rings. The van der Waals surface area contributed by atoms with E-state index < -0.39 is 24.3 Å². The molecule has 0 unspecified atom stereocenters. The summed E-state index contributed by atoms with van der Waals surface area (Å²) < 4.78 is 41.4. The molecule has 8 rings (SSSR count). The van der Waals surface area contributed by atoms with Gasteiger partial charge in [0.15, 0.2) is 17.5 Å². The van der Waals surface area contributed by atoms with Crippen LogP contribution in [0.5, 0.6) is 5.75 Å². The number of nitrogens with one attached hydrogen (secondary N) is 2. The molecule has 2 aliphatic rings. The smallest absolute Gasteiger partial charge is 0.303 e. The van der Waals surface area contributed by atoms with E-state index in [-0.39, 0.29) is 30.2 Å². The van der Waals surface area contributed by atoms with Crippen LogP contribution >= 0.6 is 0 Å². The Morgan fingerprint density at radius 3 is 2.60 bits per heavy atom. The number of carboxylic acid groups (broad SMARTS) is 1. The fraction of sp³-hybridized carbons (Fsp3) is 0.409. The summed E-state index contributed by atoms with van der Waals surface area (Å²) in [6, 6.07) is 15.6. The number of aliphatic carboxylic acids is 1. The number of nitrogens with zero attached hydrogens (tertiary/aromatic N) is 7. The summed E-state index contributed by atoms with van der Waals surface area (Å²) in [7, 11) is 3.60. The number of ether oxygens (including phenoxy) is 2. The van der Waals surface area contributed by atoms with Crippen molar-refractivity contribution in [1.82, 2.24) is 39.9 Å². The second-order valence-corrected chi connectivity index (χ2v) is 15.8. The molecule has 1 saturated heterocycles. The molecule has 14 nitrogen and oxygen atoms in total. The number of halogens is 2. The lowest BCUT2D eigenvalue weighted by Gasteiger charge is -2.35. The van der Waals surface area contributed by atoms with Gasteiger partial charge >= 0.3 is 5.97 Å². The van der Waals surface area contributed by atoms with E-state index in [0.29, 0.717) is 54.6 Å². The highest BCUT2D eigenvalue weighted by molar-refractivity contribution is 5.97. The van der Waals surface area contributed by atoms with Crippen molar-refractivity contribution in [1.29, 1.82) is 0 Å². The van der Waals surface area contributed by atoms with Crippen LogP contribution in [0.3, 0.4) is 0 Å². The number of hydrogen-bond donors (Lipinski definition) is 4. The molecular weight excluding hydrogens is 773 g/mol. The van der Waals surface area contributed by atoms with Crippen molar-refractivity contribution in [3.05, 3.63) is 89.6 Å². The molecule has 60 heavy (non-hydrogen) atoms. The van der Waals surface area contributed by atoms with Crippen molar-refractivity contribution >= 4 is 39.4 Å². The van der Waals surface area contributed by atoms with Crippen LogP contribution in [0.2, 0.25) is 0 Å². The summed E-state index contributed by atoms with van der Waals surface area (Å²) >= 11 is 0. The monoisotopic (exact) mass is 821 g/mol. The first-order chi connectivity index (χ1) is 29.1. The van der Waals surface area contributed by atoms with Crippen LogP contribution in [0.25, 0.3) is 38.9 Å². The van der Waals surface area contributed by atoms with Crippen LogP contribution in [-0.2, 0) is 22.6 Å². The molecule has 4 N–H and O–H groups in total. The Kier molecular flexibility index (Phi) is 12.2. The lowest BCUT2D eigenvalue weighted by molar-refractivity contribution is -0.138. The minimum absolute atomic E-state index is 0.0291. The van der Waals surface area contributed by atoms with E-state index in [2.05, 4.69) is 30.5 Å². The average Bonchev–Trinajstić information content (AvgIpc) is 3.69. The van der Waals surface area contributed by atoms with Gasteiger partial charge < -0.3 is 30.3 Å². The zero-order valence-corrected chi connectivity index (χ0v) is 33.8. The number of anilines is 2. The molecule has 0 bridgehead atoms. The third-order valence-electron chi connectivity index (χ3n) is 11.8. The van der Waals surface area contributed by atoms with Gasteiger partial charge in [-0.2, -0.15) is 5.10 Å². The predicted octanol–water partition coefficient (Wildman–Crippen LogP) is 7.13. The Labute approximate surface area is 346 Å². The summed E-state index contributed by atoms with van der Waals surface area (Å²) in [4.78, 5) is 31.0. The van der Waals surface area contributed by atoms with Crippen molar-refractivity contribution < 1.29 is 33.3 Å². The van der Waals surface area contributed by atoms with E-state index in [0.717, 1.165) is 70.8 Å². The second-order valence-electron chi connectivity index (χ2n) is 15.8. The molecule has 5 heterocycles. The maximum Gasteiger partial charge on any atom is 0.303 e. The van der Waals surface area contributed by atoms with Crippen LogP contribution in [0.1, 0.15) is 67.5 Å². The highest BCUT2D eigenvalue weighted by Gasteiger charge is 2.28. The molecule has 1 aliphatic heterocycles. The maximum atomic E-state index is 14.2. The van der Waals surface area contributed by atoms with E-state index in [1.807, 2.05) is 56.4 Å². The van der Waals surface area contributed by atoms with Gasteiger partial charge in [0.25, 0.3) is 6.43 Å². The van der Waals surface area contributed by atoms with Gasteiger partial charge in [0.1, 0.15) is 11.3 Å². The van der Waals surface area contributed by atoms with E-state index in [1.54, 1.807) is 36.4 Å². The van der Waals surface area contributed by atoms with Gasteiger partial charge in [0, 0.05) is 73.3 Å². The number of likely N-dealkylation sites (N-methyl/N-ethyl adjacent to an activating group) is 1. The van der Waals surface area contributed by atoms with Crippen molar-refractivity contribution in [2.24, 2.45) is 5.92 Å². The second kappa shape index (κ2) is 17.9. The minimum atomic E-state index is -2.89. The standard InChI is InChI=1S/C44H49F2N9O5/c1-25-30(31-7-5-9-35-32(31)22-50-55(35)39-18-38(59-3)28(21-48-39)23-54(2)36-14-15-60-24-37(36)56)6-4-8-33(25)51-43-41-34(52-44(53-43)42(45)46)16-27(20-49-41)19-47-29-12-10-26(11-13-29)17-40(57)58/h4-9,16,18,20-22,26,29,36-37,42,47,56H,10-15,17,19,23-24H2,1-3H3,(H,57,58)(H,51,52,53)/t26?,29?,36-,37+/m1/s1. The predicted molar refractivity (Wildman–Crippen MR) is 223 cm³/mol. The third-order valence-corrected chi connectivity index (χ3v) is 11.8. The molecule has 314 valence electrons. The van der Waals surface area contributed by atoms with Crippen LogP contribution < -0.4 is 15.4 Å². The zero-order valence-electron chi connectivity index (χ0n) is 33.8. The first-order valence-electron chi connectivity index (χ1n) is 20.3. The van der Waals surface area contributed by atoms with Crippen LogP contribution in [-0.4, -0.2) is 96.4 Å². The zero-order chi connectivity index (χ0) is 41.9. The summed E-state index contributed by atoms with van der Waals surface area (Å²) in [5, 5.41) is 32.1. The number of methoxy groups -OCH3 is 1. The number of benzene rings is 2. The van der Waals surface area contributed by atoms with E-state index in [4.69, 9.17) is 24.7 Å². The molecular formula is C44H49F2N9O5. The lowest BCUT2D eigenvalue weighted by atomic mass is 9.84. The SMILES string of the molecule is COc1cc(-n2ncc3c(-c4cccc(Nc5nc(C(F)F)nc6cc(CNC7CCC(CC(=O)O)CC7)cnc56)c4C)cccc32)ncc1CN(C)[C@@H]1CCOC[C@@H]1O. The summed E-state index contributed by atoms with van der Waals surface area (Å²) in [5.74, 6) is 0.265. The van der Waals surface area contributed by atoms with Gasteiger partial charge in [0.2, 0.25) is 0 Å². The normalized spacial score (nSPS) is 19.7. The molecule has 0 amide bonds. The number of alkyl halides is 2. The largest absolute Gasteiger partial charge is 0.496 e. The minimum Gasteiger partial charge on any atom is -0.496 e. The number of aliphatic hydroxyl groups is 1. The molecule has 16 heteroatoms. The highest BCUT2D eigenvalue weighted by atomic mass is 19.3. The summed E-state index contributed by atoms with van der Waals surface area (Å²) in [6.45, 7) is 3.91. The van der Waals surface area contributed by atoms with Crippen molar-refractivity contribution in [2.75, 3.05) is 32.7 Å². The Balaban J connectivity index is 1.03. The van der Waals surface area contributed by atoms with Crippen LogP contribution in [0.4, 0.5) is 20.3 Å². The molecule has 0 radical (unpaired) electrons. The average molecular weight is 822 g/mol. The van der Waals surface area contributed by atoms with Crippen LogP contribution in [0, 0.1) is 12.8 Å². The fourth-order valence-electron chi connectivity index (χ4n) is 8.59. The van der Waals surface area contributed by atoms with Crippen molar-refractivity contribution in [2.45, 2.75) is 83.2 Å². The molecule has 2 aromatic carbocycles. The lowest BCUT2D eigenvalue weighted by Crippen LogP contribution is -2.46. The highest BCUT2D eigenvalue weighted by Crippen LogP contribution is 2.37. The first kappa shape index (κ1) is 41.1. The number of carbonyl (C=O) groups is 1. The topological polar surface area (TPSA) is 173 Å². The molecule has 1 saturated carbocycles. The quantitative estimate of drug-likeness (QED) is 0.0876. The Bertz CT molecular complexity index is 2490. The number of aromatic nitrogens is 6. The van der Waals surface area contributed by atoms with Gasteiger partial charge in [-0.25, -0.2) is 28.4 Å². The summed E-state index contributed by atoms with van der Waals surface area (Å²) in [6.07, 6.45) is 6.24. The Morgan fingerprint density at radius 2 is 1.83 bits per heavy atom. The molecule has 2 atom stereocenters. The Morgan fingerprint density at radius 1 is 1.03 bits per heavy atom. The molecule has 4 aromatic heterocycles. The Hall–Kier alpha value is -5.68. The van der Waals surface area contributed by atoms with Gasteiger partial charge in [-0.1, -0.05) is 24.3 Å². The number of carboxylic acids is 1. The number of aliphatic hydroxyl groups excluding tert-OH is 1. The van der Waals surface area contributed by atoms with Gasteiger partial charge in [-0.3, -0.25) is 14.7 Å². The van der Waals surface area contributed by atoms with Crippen molar-refractivity contribution in [3.63, 3.8) is 0 Å². The van der Waals surface area contributed by atoms with E-state index in [9.17, 15) is 18.7 Å². The summed E-state index contributed by atoms with van der Waals surface area (Å²) in [5.41, 5.74) is 6.56. The molecule has 0 spiro atoms. The van der Waals surface area contributed by atoms with E-state index in [1.165, 1.54) is 0 Å². The number of rotatable bonds is 14. The van der Waals surface area contributed by atoms with Gasteiger partial charge in [-0.15, -0.1) is 0 Å². The number of hydrogen-bond acceptors (Lipinski definition) is 12. The third kappa shape index (κ3) is 8.77. The van der Waals surface area contributed by atoms with Crippen molar-refractivity contribution in [3.8, 4) is 22.7 Å². The number of fused-ring (bicyclic) bond motifs is 2. The first-order valence-corrected chi connectivity index (χ1v) is 20.3. The maximum absolute atomic E-state index is 14.2. The van der Waals surface area contributed by atoms with Crippen LogP contribution in [0.15, 0.2) is 67.1 Å². The molecule has 1 aliphatic carbocycles. The number of pyridine rings is 2. The van der Waals surface area contributed by atoms with Gasteiger partial charge in [-0.05, 0) is 92.4 Å².